The molecule has 2 fully saturated rings. The van der Waals surface area contributed by atoms with Crippen molar-refractivity contribution in [2.75, 3.05) is 13.2 Å². The van der Waals surface area contributed by atoms with Crippen molar-refractivity contribution in [3.8, 4) is 11.5 Å². The summed E-state index contributed by atoms with van der Waals surface area (Å²) in [6.45, 7) is 0.869. The SMILES string of the molecule is Cn1cc(O[C@@H]2COC[C@@H]2NC(=O)c2ccc(OC3CCC3)cc2)cn1. The Bertz CT molecular complexity index is 754. The molecular weight excluding hydrogens is 334 g/mol. The third-order valence-corrected chi connectivity index (χ3v) is 4.78. The van der Waals surface area contributed by atoms with Gasteiger partial charge in [0.1, 0.15) is 11.9 Å². The van der Waals surface area contributed by atoms with Gasteiger partial charge in [-0.05, 0) is 43.5 Å². The molecule has 1 N–H and O–H groups in total. The summed E-state index contributed by atoms with van der Waals surface area (Å²) in [5.41, 5.74) is 0.595. The standard InChI is InChI=1S/C19H23N3O4/c1-22-10-16(9-20-22)26-18-12-24-11-17(18)21-19(23)13-5-7-15(8-6-13)25-14-3-2-4-14/h5-10,14,17-18H,2-4,11-12H2,1H3,(H,21,23)/t17-,18+/m0/s1. The number of aromatic nitrogens is 2. The molecule has 2 atom stereocenters. The van der Waals surface area contributed by atoms with Crippen molar-refractivity contribution >= 4 is 5.91 Å². The Morgan fingerprint density at radius 1 is 1.19 bits per heavy atom. The summed E-state index contributed by atoms with van der Waals surface area (Å²) in [6, 6.07) is 7.07. The monoisotopic (exact) mass is 357 g/mol. The predicted molar refractivity (Wildman–Crippen MR) is 94.4 cm³/mol. The molecule has 2 aromatic rings. The molecule has 7 nitrogen and oxygen atoms in total. The van der Waals surface area contributed by atoms with E-state index in [9.17, 15) is 4.79 Å². The van der Waals surface area contributed by atoms with Gasteiger partial charge in [0.15, 0.2) is 5.75 Å². The Hall–Kier alpha value is -2.54. The number of hydrogen-bond donors (Lipinski definition) is 1. The molecule has 26 heavy (non-hydrogen) atoms. The first-order chi connectivity index (χ1) is 12.7. The molecular formula is C19H23N3O4. The largest absolute Gasteiger partial charge is 0.490 e. The van der Waals surface area contributed by atoms with Crippen LogP contribution < -0.4 is 14.8 Å². The number of aryl methyl sites for hydroxylation is 1. The third-order valence-electron chi connectivity index (χ3n) is 4.78. The zero-order chi connectivity index (χ0) is 17.9. The lowest BCUT2D eigenvalue weighted by Gasteiger charge is -2.26. The number of rotatable bonds is 6. The summed E-state index contributed by atoms with van der Waals surface area (Å²) in [4.78, 5) is 12.5. The fourth-order valence-electron chi connectivity index (χ4n) is 3.04. The minimum absolute atomic E-state index is 0.143. The molecule has 1 aliphatic heterocycles. The van der Waals surface area contributed by atoms with Crippen LogP contribution in [0.25, 0.3) is 0 Å². The molecule has 0 spiro atoms. The maximum Gasteiger partial charge on any atom is 0.251 e. The molecule has 0 bridgehead atoms. The van der Waals surface area contributed by atoms with Crippen molar-refractivity contribution in [2.45, 2.75) is 37.5 Å². The van der Waals surface area contributed by atoms with Gasteiger partial charge >= 0.3 is 0 Å². The second-order valence-electron chi connectivity index (χ2n) is 6.82. The molecule has 1 saturated heterocycles. The zero-order valence-corrected chi connectivity index (χ0v) is 14.8. The number of carbonyl (C=O) groups excluding carboxylic acids is 1. The van der Waals surface area contributed by atoms with Crippen LogP contribution in [0.4, 0.5) is 0 Å². The average molecular weight is 357 g/mol. The summed E-state index contributed by atoms with van der Waals surface area (Å²) in [7, 11) is 1.83. The van der Waals surface area contributed by atoms with Gasteiger partial charge < -0.3 is 19.5 Å². The highest BCUT2D eigenvalue weighted by Gasteiger charge is 2.32. The maximum absolute atomic E-state index is 12.5. The van der Waals surface area contributed by atoms with E-state index in [-0.39, 0.29) is 18.1 Å². The van der Waals surface area contributed by atoms with Crippen LogP contribution in [-0.2, 0) is 11.8 Å². The van der Waals surface area contributed by atoms with E-state index in [4.69, 9.17) is 14.2 Å². The van der Waals surface area contributed by atoms with Crippen molar-refractivity contribution < 1.29 is 19.0 Å². The van der Waals surface area contributed by atoms with Crippen molar-refractivity contribution in [1.82, 2.24) is 15.1 Å². The van der Waals surface area contributed by atoms with Gasteiger partial charge in [0.25, 0.3) is 5.91 Å². The van der Waals surface area contributed by atoms with E-state index in [0.717, 1.165) is 18.6 Å². The van der Waals surface area contributed by atoms with Crippen molar-refractivity contribution in [3.63, 3.8) is 0 Å². The second-order valence-corrected chi connectivity index (χ2v) is 6.82. The van der Waals surface area contributed by atoms with Gasteiger partial charge in [0.2, 0.25) is 0 Å². The molecule has 2 aliphatic rings. The number of nitrogens with one attached hydrogen (secondary N) is 1. The van der Waals surface area contributed by atoms with Gasteiger partial charge in [-0.25, -0.2) is 0 Å². The van der Waals surface area contributed by atoms with Gasteiger partial charge in [-0.2, -0.15) is 5.10 Å². The van der Waals surface area contributed by atoms with Gasteiger partial charge in [-0.3, -0.25) is 9.48 Å². The van der Waals surface area contributed by atoms with Crippen LogP contribution in [-0.4, -0.2) is 47.2 Å². The van der Waals surface area contributed by atoms with Crippen LogP contribution in [0, 0.1) is 0 Å². The van der Waals surface area contributed by atoms with Crippen LogP contribution in [0.3, 0.4) is 0 Å². The lowest BCUT2D eigenvalue weighted by Crippen LogP contribution is -2.45. The number of amides is 1. The highest BCUT2D eigenvalue weighted by atomic mass is 16.5. The second kappa shape index (κ2) is 7.37. The predicted octanol–water partition coefficient (Wildman–Crippen LogP) is 1.93. The van der Waals surface area contributed by atoms with Crippen LogP contribution in [0.5, 0.6) is 11.5 Å². The molecule has 138 valence electrons. The van der Waals surface area contributed by atoms with Gasteiger partial charge in [-0.15, -0.1) is 0 Å². The van der Waals surface area contributed by atoms with E-state index in [1.165, 1.54) is 6.42 Å². The quantitative estimate of drug-likeness (QED) is 0.855. The van der Waals surface area contributed by atoms with Crippen LogP contribution in [0.1, 0.15) is 29.6 Å². The molecule has 4 rings (SSSR count). The van der Waals surface area contributed by atoms with E-state index >= 15 is 0 Å². The van der Waals surface area contributed by atoms with Gasteiger partial charge in [-0.1, -0.05) is 0 Å². The van der Waals surface area contributed by atoms with Crippen molar-refractivity contribution in [1.29, 1.82) is 0 Å². The first kappa shape index (κ1) is 16.9. The minimum Gasteiger partial charge on any atom is -0.490 e. The smallest absolute Gasteiger partial charge is 0.251 e. The van der Waals surface area contributed by atoms with E-state index in [1.54, 1.807) is 29.2 Å². The molecule has 7 heteroatoms. The summed E-state index contributed by atoms with van der Waals surface area (Å²) in [5, 5.41) is 7.08. The normalized spacial score (nSPS) is 22.7. The molecule has 2 heterocycles. The lowest BCUT2D eigenvalue weighted by atomic mass is 9.96. The fourth-order valence-corrected chi connectivity index (χ4v) is 3.04. The molecule has 1 aromatic carbocycles. The number of hydrogen-bond acceptors (Lipinski definition) is 5. The van der Waals surface area contributed by atoms with E-state index in [0.29, 0.717) is 30.6 Å². The van der Waals surface area contributed by atoms with Crippen LogP contribution in [0.15, 0.2) is 36.7 Å². The number of nitrogens with zero attached hydrogens (tertiary/aromatic N) is 2. The number of carbonyl (C=O) groups is 1. The third kappa shape index (κ3) is 3.83. The summed E-state index contributed by atoms with van der Waals surface area (Å²) in [5.74, 6) is 1.34. The molecule has 0 unspecified atom stereocenters. The van der Waals surface area contributed by atoms with E-state index in [1.807, 2.05) is 19.2 Å². The van der Waals surface area contributed by atoms with E-state index in [2.05, 4.69) is 10.4 Å². The van der Waals surface area contributed by atoms with E-state index < -0.39 is 0 Å². The number of ether oxygens (including phenoxy) is 3. The Morgan fingerprint density at radius 3 is 2.65 bits per heavy atom. The summed E-state index contributed by atoms with van der Waals surface area (Å²) in [6.07, 6.45) is 7.00. The molecule has 1 aliphatic carbocycles. The fraction of sp³-hybridized carbons (Fsp3) is 0.474. The van der Waals surface area contributed by atoms with Crippen molar-refractivity contribution in [2.24, 2.45) is 7.05 Å². The summed E-state index contributed by atoms with van der Waals surface area (Å²) >= 11 is 0. The highest BCUT2D eigenvalue weighted by Crippen LogP contribution is 2.25. The Morgan fingerprint density at radius 2 is 2.00 bits per heavy atom. The Balaban J connectivity index is 1.34. The topological polar surface area (TPSA) is 74.6 Å². The first-order valence-electron chi connectivity index (χ1n) is 8.98. The summed E-state index contributed by atoms with van der Waals surface area (Å²) < 4.78 is 18.9. The molecule has 1 aromatic heterocycles. The minimum atomic E-state index is -0.232. The Kier molecular flexibility index (Phi) is 4.79. The van der Waals surface area contributed by atoms with Crippen molar-refractivity contribution in [3.05, 3.63) is 42.2 Å². The maximum atomic E-state index is 12.5. The van der Waals surface area contributed by atoms with Gasteiger partial charge in [0, 0.05) is 12.6 Å². The Labute approximate surface area is 152 Å². The lowest BCUT2D eigenvalue weighted by molar-refractivity contribution is 0.0904. The zero-order valence-electron chi connectivity index (χ0n) is 14.8. The average Bonchev–Trinajstić information content (AvgIpc) is 3.21. The molecule has 0 radical (unpaired) electrons. The number of benzene rings is 1. The first-order valence-corrected chi connectivity index (χ1v) is 8.98. The van der Waals surface area contributed by atoms with Gasteiger partial charge in [0.05, 0.1) is 37.8 Å². The highest BCUT2D eigenvalue weighted by molar-refractivity contribution is 5.94. The molecule has 1 amide bonds. The molecule has 1 saturated carbocycles. The van der Waals surface area contributed by atoms with Crippen LogP contribution >= 0.6 is 0 Å². The van der Waals surface area contributed by atoms with Crippen LogP contribution in [0.2, 0.25) is 0 Å².